The maximum atomic E-state index is 11.7. The molecule has 16 atom stereocenters. The van der Waals surface area contributed by atoms with Crippen molar-refractivity contribution in [1.82, 2.24) is 0 Å². The third kappa shape index (κ3) is 4.63. The van der Waals surface area contributed by atoms with E-state index in [1.807, 2.05) is 13.8 Å². The molecular weight excluding hydrogens is 580 g/mol. The zero-order chi connectivity index (χ0) is 33.3. The molecule has 2 saturated heterocycles. The molecule has 260 valence electrons. The van der Waals surface area contributed by atoms with Gasteiger partial charge in [-0.15, -0.1) is 0 Å². The van der Waals surface area contributed by atoms with Crippen LogP contribution < -0.4 is 0 Å². The number of rotatable bonds is 2. The van der Waals surface area contributed by atoms with Gasteiger partial charge >= 0.3 is 0 Å². The average molecular weight is 641 g/mol. The summed E-state index contributed by atoms with van der Waals surface area (Å²) in [4.78, 5) is 0. The number of aliphatic hydroxyl groups excluding tert-OH is 7. The zero-order valence-electron chi connectivity index (χ0n) is 28.3. The Morgan fingerprint density at radius 1 is 0.689 bits per heavy atom. The van der Waals surface area contributed by atoms with Crippen molar-refractivity contribution in [3.05, 3.63) is 0 Å². The van der Waals surface area contributed by atoms with E-state index in [9.17, 15) is 20.4 Å². The molecule has 0 aromatic rings. The maximum absolute atomic E-state index is 11.7. The van der Waals surface area contributed by atoms with E-state index >= 15 is 0 Å². The summed E-state index contributed by atoms with van der Waals surface area (Å²) in [5, 5.41) is 80.2. The fraction of sp³-hybridized carbons (Fsp3) is 1.00. The molecule has 2 heterocycles. The van der Waals surface area contributed by atoms with Gasteiger partial charge in [0.15, 0.2) is 6.29 Å². The predicted molar refractivity (Wildman–Crippen MR) is 164 cm³/mol. The van der Waals surface area contributed by atoms with Crippen LogP contribution in [0.4, 0.5) is 0 Å². The van der Waals surface area contributed by atoms with E-state index in [0.29, 0.717) is 5.92 Å². The Hall–Kier alpha value is -0.400. The molecule has 0 radical (unpaired) electrons. The average Bonchev–Trinajstić information content (AvgIpc) is 3.29. The van der Waals surface area contributed by atoms with Crippen LogP contribution in [0.25, 0.3) is 0 Å². The molecule has 10 nitrogen and oxygen atoms in total. The zero-order valence-corrected chi connectivity index (χ0v) is 28.3. The molecule has 5 saturated carbocycles. The molecule has 10 heteroatoms. The van der Waals surface area contributed by atoms with Gasteiger partial charge in [-0.3, -0.25) is 0 Å². The van der Waals surface area contributed by atoms with Crippen molar-refractivity contribution in [2.45, 2.75) is 166 Å². The Bertz CT molecular complexity index is 1130. The standard InChI is InChI=1S/C30H50O5.C5H10O5/c1-24(2)20(33)8-11-30-16-29(30)13-12-26(5)23(28(7)10-9-21(35-28)25(3,4)34)18(32)15-27(26,6)19(29)14-17(31)22(24)30;6-2-1-10-5(9)4(8)3(2)7/h17-23,31-34H,8-16H2,1-7H3;2-9H,1H2/t17-,18-,19-,20-,21-,22-,23-,26+,27-,28+,29-,30+;2-,3-,4+,5?/m00/s1. The monoisotopic (exact) mass is 640 g/mol. The Morgan fingerprint density at radius 2 is 1.36 bits per heavy atom. The number of hydrogen-bond donors (Lipinski definition) is 8. The van der Waals surface area contributed by atoms with Gasteiger partial charge in [-0.1, -0.05) is 27.7 Å². The molecule has 5 aliphatic carbocycles. The fourth-order valence-electron chi connectivity index (χ4n) is 12.9. The number of ether oxygens (including phenoxy) is 2. The van der Waals surface area contributed by atoms with Crippen LogP contribution in [0.3, 0.4) is 0 Å². The summed E-state index contributed by atoms with van der Waals surface area (Å²) in [6.45, 7) is 14.9. The summed E-state index contributed by atoms with van der Waals surface area (Å²) in [5.41, 5.74) is -1.35. The first-order valence-corrected chi connectivity index (χ1v) is 17.4. The van der Waals surface area contributed by atoms with Gasteiger partial charge in [0.2, 0.25) is 0 Å². The molecule has 2 aliphatic heterocycles. The minimum atomic E-state index is -1.41. The quantitative estimate of drug-likeness (QED) is 0.222. The van der Waals surface area contributed by atoms with Crippen LogP contribution >= 0.6 is 0 Å². The van der Waals surface area contributed by atoms with Crippen molar-refractivity contribution < 1.29 is 50.3 Å². The van der Waals surface area contributed by atoms with Crippen LogP contribution in [0.1, 0.15) is 106 Å². The van der Waals surface area contributed by atoms with E-state index in [2.05, 4.69) is 39.4 Å². The van der Waals surface area contributed by atoms with Crippen LogP contribution in [0.5, 0.6) is 0 Å². The lowest BCUT2D eigenvalue weighted by Gasteiger charge is -2.64. The van der Waals surface area contributed by atoms with Crippen LogP contribution in [0, 0.1) is 44.8 Å². The van der Waals surface area contributed by atoms with Crippen molar-refractivity contribution in [3.8, 4) is 0 Å². The molecule has 7 fully saturated rings. The van der Waals surface area contributed by atoms with E-state index in [0.717, 1.165) is 51.4 Å². The topological polar surface area (TPSA) is 180 Å². The lowest BCUT2D eigenvalue weighted by atomic mass is 9.41. The van der Waals surface area contributed by atoms with E-state index in [4.69, 9.17) is 25.2 Å². The molecule has 45 heavy (non-hydrogen) atoms. The molecule has 8 N–H and O–H groups in total. The van der Waals surface area contributed by atoms with Gasteiger partial charge < -0.3 is 50.3 Å². The largest absolute Gasteiger partial charge is 0.393 e. The molecule has 7 aliphatic rings. The lowest BCUT2D eigenvalue weighted by Crippen LogP contribution is -2.62. The summed E-state index contributed by atoms with van der Waals surface area (Å²) in [5.74, 6) is 0.577. The second kappa shape index (κ2) is 10.6. The van der Waals surface area contributed by atoms with Gasteiger partial charge in [0, 0.05) is 5.92 Å². The fourth-order valence-corrected chi connectivity index (χ4v) is 12.9. The van der Waals surface area contributed by atoms with Gasteiger partial charge in [-0.05, 0) is 117 Å². The highest BCUT2D eigenvalue weighted by atomic mass is 16.6. The van der Waals surface area contributed by atoms with Crippen LogP contribution in [0.15, 0.2) is 0 Å². The molecular formula is C35H60O10. The van der Waals surface area contributed by atoms with E-state index < -0.39 is 48.0 Å². The molecule has 7 rings (SSSR count). The summed E-state index contributed by atoms with van der Waals surface area (Å²) < 4.78 is 11.1. The first-order chi connectivity index (χ1) is 20.6. The van der Waals surface area contributed by atoms with Gasteiger partial charge in [-0.25, -0.2) is 0 Å². The second-order valence-corrected chi connectivity index (χ2v) is 18.2. The van der Waals surface area contributed by atoms with Crippen molar-refractivity contribution in [2.24, 2.45) is 44.8 Å². The third-order valence-electron chi connectivity index (χ3n) is 15.2. The highest BCUT2D eigenvalue weighted by Crippen LogP contribution is 2.89. The predicted octanol–water partition coefficient (Wildman–Crippen LogP) is 1.85. The van der Waals surface area contributed by atoms with E-state index in [1.165, 1.54) is 6.42 Å². The molecule has 0 aromatic carbocycles. The summed E-state index contributed by atoms with van der Waals surface area (Å²) in [6.07, 6.45) is 1.95. The van der Waals surface area contributed by atoms with Crippen molar-refractivity contribution in [1.29, 1.82) is 0 Å². The second-order valence-electron chi connectivity index (χ2n) is 18.2. The highest BCUT2D eigenvalue weighted by molar-refractivity contribution is 5.33. The number of fused-ring (bicyclic) bond motifs is 2. The smallest absolute Gasteiger partial charge is 0.183 e. The molecule has 0 bridgehead atoms. The third-order valence-corrected chi connectivity index (χ3v) is 15.2. The number of hydrogen-bond acceptors (Lipinski definition) is 10. The number of aliphatic hydroxyl groups is 8. The van der Waals surface area contributed by atoms with E-state index in [1.54, 1.807) is 0 Å². The van der Waals surface area contributed by atoms with Crippen LogP contribution in [0.2, 0.25) is 0 Å². The van der Waals surface area contributed by atoms with E-state index in [-0.39, 0.29) is 57.7 Å². The first kappa shape index (κ1) is 34.5. The molecule has 2 spiro atoms. The molecule has 1 unspecified atom stereocenters. The van der Waals surface area contributed by atoms with Gasteiger partial charge in [-0.2, -0.15) is 0 Å². The van der Waals surface area contributed by atoms with Crippen molar-refractivity contribution >= 4 is 0 Å². The van der Waals surface area contributed by atoms with Gasteiger partial charge in [0.1, 0.15) is 18.3 Å². The SMILES string of the molecule is CC(C)(O)[C@@H]1CC[C@](C)([C@H]2[C@@H](O)C[C@@]3(C)[C@@H]4C[C@H](O)[C@H]5C(C)(C)[C@@H](O)CC[C@@]56C[C@@]46CC[C@]23C)O1.OC1OC[C@H](O)[C@H](O)[C@H]1O. The van der Waals surface area contributed by atoms with Gasteiger partial charge in [0.05, 0.1) is 42.2 Å². The van der Waals surface area contributed by atoms with Crippen LogP contribution in [-0.4, -0.2) is 108 Å². The summed E-state index contributed by atoms with van der Waals surface area (Å²) in [6, 6.07) is 0. The minimum Gasteiger partial charge on any atom is -0.393 e. The van der Waals surface area contributed by atoms with Gasteiger partial charge in [0.25, 0.3) is 0 Å². The minimum absolute atomic E-state index is 0.0267. The highest BCUT2D eigenvalue weighted by Gasteiger charge is 2.84. The Morgan fingerprint density at radius 3 is 1.96 bits per heavy atom. The Kier molecular flexibility index (Phi) is 8.08. The molecule has 0 aromatic heterocycles. The van der Waals surface area contributed by atoms with Crippen molar-refractivity contribution in [3.63, 3.8) is 0 Å². The Balaban J connectivity index is 0.000000306. The molecule has 0 amide bonds. The summed E-state index contributed by atoms with van der Waals surface area (Å²) in [7, 11) is 0. The Labute approximate surface area is 268 Å². The van der Waals surface area contributed by atoms with Crippen molar-refractivity contribution in [2.75, 3.05) is 6.61 Å². The normalized spacial score (nSPS) is 58.3. The lowest BCUT2D eigenvalue weighted by molar-refractivity contribution is -0.252. The maximum Gasteiger partial charge on any atom is 0.183 e. The van der Waals surface area contributed by atoms with Crippen LogP contribution in [-0.2, 0) is 9.47 Å². The summed E-state index contributed by atoms with van der Waals surface area (Å²) >= 11 is 0. The first-order valence-electron chi connectivity index (χ1n) is 17.4.